The molecular weight excluding hydrogens is 659 g/mol. The molecule has 2 fully saturated rings. The molecule has 6 rings (SSSR count). The van der Waals surface area contributed by atoms with Crippen LogP contribution in [0.3, 0.4) is 0 Å². The molecule has 1 N–H and O–H groups in total. The van der Waals surface area contributed by atoms with Gasteiger partial charge in [0.05, 0.1) is 10.6 Å². The molecule has 2 amide bonds. The summed E-state index contributed by atoms with van der Waals surface area (Å²) in [5, 5.41) is 3.00. The summed E-state index contributed by atoms with van der Waals surface area (Å²) in [6.07, 6.45) is 5.43. The number of nitrogens with one attached hydrogen (secondary N) is 1. The Morgan fingerprint density at radius 3 is 2.43 bits per heavy atom. The van der Waals surface area contributed by atoms with Gasteiger partial charge in [0.25, 0.3) is 5.91 Å². The van der Waals surface area contributed by atoms with Gasteiger partial charge in [0.2, 0.25) is 0 Å². The van der Waals surface area contributed by atoms with E-state index in [4.69, 9.17) is 14.5 Å². The van der Waals surface area contributed by atoms with Crippen molar-refractivity contribution >= 4 is 29.6 Å². The Bertz CT molecular complexity index is 1820. The number of carbonyl (C=O) groups excluding carboxylic acids is 2. The predicted molar refractivity (Wildman–Crippen MR) is 203 cm³/mol. The predicted octanol–water partition coefficient (Wildman–Crippen LogP) is 8.58. The molecule has 0 bridgehead atoms. The molecule has 1 aliphatic heterocycles. The van der Waals surface area contributed by atoms with Gasteiger partial charge in [0.15, 0.2) is 6.10 Å². The number of pyridine rings is 2. The van der Waals surface area contributed by atoms with Crippen molar-refractivity contribution in [1.29, 1.82) is 0 Å². The number of hydrogen-bond donors (Lipinski definition) is 1. The Hall–Kier alpha value is -4.41. The van der Waals surface area contributed by atoms with E-state index in [0.29, 0.717) is 55.0 Å². The zero-order valence-electron chi connectivity index (χ0n) is 30.5. The van der Waals surface area contributed by atoms with Crippen LogP contribution in [0.1, 0.15) is 90.9 Å². The first-order valence-corrected chi connectivity index (χ1v) is 18.8. The summed E-state index contributed by atoms with van der Waals surface area (Å²) in [6.45, 7) is 14.1. The van der Waals surface area contributed by atoms with Crippen LogP contribution in [0.25, 0.3) is 0 Å². The van der Waals surface area contributed by atoms with Crippen molar-refractivity contribution in [2.45, 2.75) is 88.7 Å². The Balaban J connectivity index is 1.28. The summed E-state index contributed by atoms with van der Waals surface area (Å²) in [5.41, 5.74) is 5.01. The van der Waals surface area contributed by atoms with Gasteiger partial charge in [0, 0.05) is 55.9 Å². The number of anilines is 1. The lowest BCUT2D eigenvalue weighted by Crippen LogP contribution is -2.55. The van der Waals surface area contributed by atoms with Crippen LogP contribution < -0.4 is 10.1 Å². The highest BCUT2D eigenvalue weighted by atomic mass is 32.2. The first-order chi connectivity index (χ1) is 24.4. The summed E-state index contributed by atoms with van der Waals surface area (Å²) in [6, 6.07) is 22.2. The van der Waals surface area contributed by atoms with Crippen LogP contribution in [-0.2, 0) is 10.5 Å². The quantitative estimate of drug-likeness (QED) is 0.155. The minimum Gasteiger partial charge on any atom is -0.482 e. The van der Waals surface area contributed by atoms with E-state index in [9.17, 15) is 9.59 Å². The zero-order valence-corrected chi connectivity index (χ0v) is 31.3. The maximum atomic E-state index is 13.7. The fourth-order valence-electron chi connectivity index (χ4n) is 6.27. The second-order valence-corrected chi connectivity index (χ2v) is 15.7. The number of ether oxygens (including phenoxy) is 2. The number of hydrogen-bond acceptors (Lipinski definition) is 8. The molecule has 4 aromatic rings. The summed E-state index contributed by atoms with van der Waals surface area (Å²) < 4.78 is 12.7. The smallest absolute Gasteiger partial charge is 0.410 e. The molecule has 0 radical (unpaired) electrons. The number of rotatable bonds is 11. The fraction of sp³-hybridized carbons (Fsp3) is 0.415. The van der Waals surface area contributed by atoms with Crippen molar-refractivity contribution in [3.63, 3.8) is 0 Å². The molecule has 2 aliphatic rings. The zero-order chi connectivity index (χ0) is 36.1. The number of piperazine rings is 1. The van der Waals surface area contributed by atoms with E-state index in [0.717, 1.165) is 21.7 Å². The van der Waals surface area contributed by atoms with E-state index in [2.05, 4.69) is 46.4 Å². The van der Waals surface area contributed by atoms with Gasteiger partial charge < -0.3 is 19.7 Å². The number of carbonyl (C=O) groups is 2. The molecule has 2 aromatic heterocycles. The summed E-state index contributed by atoms with van der Waals surface area (Å²) in [4.78, 5) is 40.9. The van der Waals surface area contributed by atoms with Crippen LogP contribution in [0.2, 0.25) is 0 Å². The van der Waals surface area contributed by atoms with Gasteiger partial charge in [-0.25, -0.2) is 9.78 Å². The molecule has 0 spiro atoms. The van der Waals surface area contributed by atoms with E-state index in [1.165, 1.54) is 24.0 Å². The lowest BCUT2D eigenvalue weighted by molar-refractivity contribution is -0.00326. The first kappa shape index (κ1) is 36.4. The van der Waals surface area contributed by atoms with Crippen LogP contribution in [0, 0.1) is 13.8 Å². The van der Waals surface area contributed by atoms with E-state index < -0.39 is 5.60 Å². The van der Waals surface area contributed by atoms with Crippen molar-refractivity contribution in [1.82, 2.24) is 19.8 Å². The molecule has 2 atom stereocenters. The van der Waals surface area contributed by atoms with E-state index >= 15 is 0 Å². The van der Waals surface area contributed by atoms with Crippen molar-refractivity contribution in [2.24, 2.45) is 0 Å². The third-order valence-corrected chi connectivity index (χ3v) is 10.3. The molecule has 1 saturated carbocycles. The van der Waals surface area contributed by atoms with Crippen LogP contribution in [-0.4, -0.2) is 69.6 Å². The van der Waals surface area contributed by atoms with Gasteiger partial charge >= 0.3 is 6.09 Å². The van der Waals surface area contributed by atoms with Crippen molar-refractivity contribution < 1.29 is 19.1 Å². The van der Waals surface area contributed by atoms with Gasteiger partial charge in [-0.05, 0) is 107 Å². The second-order valence-electron chi connectivity index (χ2n) is 14.7. The molecule has 0 unspecified atom stereocenters. The number of aryl methyl sites for hydroxylation is 2. The molecular formula is C41H49N5O4S. The fourth-order valence-corrected chi connectivity index (χ4v) is 7.24. The van der Waals surface area contributed by atoms with Crippen LogP contribution in [0.4, 0.5) is 10.6 Å². The number of thioether (sulfide) groups is 1. The number of amides is 2. The molecule has 10 heteroatoms. The minimum atomic E-state index is -0.548. The average molecular weight is 708 g/mol. The van der Waals surface area contributed by atoms with Gasteiger partial charge in [-0.15, -0.1) is 11.8 Å². The highest BCUT2D eigenvalue weighted by molar-refractivity contribution is 7.98. The monoisotopic (exact) mass is 707 g/mol. The maximum absolute atomic E-state index is 13.7. The Morgan fingerprint density at radius 1 is 0.980 bits per heavy atom. The Kier molecular flexibility index (Phi) is 11.3. The highest BCUT2D eigenvalue weighted by Gasteiger charge is 2.33. The number of aromatic nitrogens is 2. The van der Waals surface area contributed by atoms with E-state index in [1.807, 2.05) is 88.2 Å². The number of nitrogens with zero attached hydrogens (tertiary/aromatic N) is 4. The normalized spacial score (nSPS) is 17.1. The van der Waals surface area contributed by atoms with E-state index in [-0.39, 0.29) is 24.1 Å². The Labute approximate surface area is 306 Å². The summed E-state index contributed by atoms with van der Waals surface area (Å²) in [7, 11) is 0. The first-order valence-electron chi connectivity index (χ1n) is 17.8. The standard InChI is InChI=1S/C41H49N5O4S/c1-27-11-10-18-42-38(27)44-39(47)33-22-37(51-26-30-12-8-7-9-13-30)35(21-28(33)2)49-36(34-17-16-32(23-43-34)31-14-15-31)25-45-19-20-46(29(3)24-45)40(48)50-41(4,5)6/h7-13,16-18,21-23,29,31,36H,14-15,19-20,24-26H2,1-6H3,(H,42,44,47)/t29-,36-/m1/s1. The second kappa shape index (κ2) is 15.9. The van der Waals surface area contributed by atoms with Gasteiger partial charge in [-0.3, -0.25) is 14.7 Å². The molecule has 268 valence electrons. The molecule has 1 aliphatic carbocycles. The lowest BCUT2D eigenvalue weighted by atomic mass is 10.1. The van der Waals surface area contributed by atoms with Crippen LogP contribution in [0.15, 0.2) is 84.0 Å². The van der Waals surface area contributed by atoms with Gasteiger partial charge in [-0.1, -0.05) is 42.5 Å². The number of benzene rings is 2. The van der Waals surface area contributed by atoms with Gasteiger partial charge in [-0.2, -0.15) is 0 Å². The molecule has 9 nitrogen and oxygen atoms in total. The maximum Gasteiger partial charge on any atom is 0.410 e. The molecule has 3 heterocycles. The lowest BCUT2D eigenvalue weighted by Gasteiger charge is -2.41. The third-order valence-electron chi connectivity index (χ3n) is 9.23. The SMILES string of the molecule is Cc1cc(O[C@H](CN2CCN(C(=O)OC(C)(C)C)[C@H](C)C2)c2ccc(C3CC3)cn2)c(SCc2ccccc2)cc1C(=O)Nc1ncccc1C. The van der Waals surface area contributed by atoms with Crippen LogP contribution >= 0.6 is 11.8 Å². The minimum absolute atomic E-state index is 0.0285. The van der Waals surface area contributed by atoms with Crippen molar-refractivity contribution in [3.05, 3.63) is 113 Å². The van der Waals surface area contributed by atoms with Gasteiger partial charge in [0.1, 0.15) is 17.2 Å². The summed E-state index contributed by atoms with van der Waals surface area (Å²) in [5.74, 6) is 2.35. The summed E-state index contributed by atoms with van der Waals surface area (Å²) >= 11 is 1.64. The molecule has 1 saturated heterocycles. The van der Waals surface area contributed by atoms with E-state index in [1.54, 1.807) is 18.0 Å². The van der Waals surface area contributed by atoms with Crippen LogP contribution in [0.5, 0.6) is 5.75 Å². The van der Waals surface area contributed by atoms with Crippen molar-refractivity contribution in [2.75, 3.05) is 31.5 Å². The molecule has 51 heavy (non-hydrogen) atoms. The molecule has 2 aromatic carbocycles. The highest BCUT2D eigenvalue weighted by Crippen LogP contribution is 2.41. The Morgan fingerprint density at radius 2 is 1.76 bits per heavy atom. The van der Waals surface area contributed by atoms with Crippen molar-refractivity contribution in [3.8, 4) is 5.75 Å². The largest absolute Gasteiger partial charge is 0.482 e. The average Bonchev–Trinajstić information content (AvgIpc) is 3.94. The topological polar surface area (TPSA) is 96.9 Å². The third kappa shape index (κ3) is 9.68.